The van der Waals surface area contributed by atoms with Gasteiger partial charge < -0.3 is 9.47 Å². The number of fused-ring (bicyclic) bond motifs is 3. The van der Waals surface area contributed by atoms with Crippen LogP contribution in [-0.4, -0.2) is 54.3 Å². The van der Waals surface area contributed by atoms with Gasteiger partial charge in [-0.1, -0.05) is 36.4 Å². The molecule has 31 heavy (non-hydrogen) atoms. The molecule has 0 spiro atoms. The number of carbonyl (C=O) groups is 1. The third-order valence-electron chi connectivity index (χ3n) is 6.07. The number of amides is 1. The Bertz CT molecular complexity index is 1390. The highest BCUT2D eigenvalue weighted by atomic mass is 32.2. The maximum atomic E-state index is 13.3. The lowest BCUT2D eigenvalue weighted by Gasteiger charge is -2.34. The molecule has 6 nitrogen and oxygen atoms in total. The Morgan fingerprint density at radius 3 is 2.16 bits per heavy atom. The van der Waals surface area contributed by atoms with Gasteiger partial charge in [-0.25, -0.2) is 8.42 Å². The number of rotatable bonds is 3. The molecule has 2 heterocycles. The zero-order valence-corrected chi connectivity index (χ0v) is 18.0. The molecule has 4 aromatic rings. The average molecular weight is 434 g/mol. The van der Waals surface area contributed by atoms with Gasteiger partial charge >= 0.3 is 0 Å². The number of hydrogen-bond acceptors (Lipinski definition) is 3. The predicted octanol–water partition coefficient (Wildman–Crippen LogP) is 3.48. The van der Waals surface area contributed by atoms with Crippen LogP contribution in [0.1, 0.15) is 10.4 Å². The number of sulfonamides is 1. The molecule has 0 radical (unpaired) electrons. The standard InChI is InChI=1S/C24H23N3O3S/c1-25-22-10-6-5-9-20(22)21-17-19(11-12-23(21)25)31(29,30)27-15-13-26(14-16-27)24(28)18-7-3-2-4-8-18/h2-12,17H,13-16H2,1H3. The molecule has 1 fully saturated rings. The van der Waals surface area contributed by atoms with Gasteiger partial charge in [0, 0.05) is 60.6 Å². The molecule has 0 N–H and O–H groups in total. The van der Waals surface area contributed by atoms with Crippen molar-refractivity contribution in [2.75, 3.05) is 26.2 Å². The zero-order chi connectivity index (χ0) is 21.6. The van der Waals surface area contributed by atoms with E-state index < -0.39 is 10.0 Å². The van der Waals surface area contributed by atoms with Crippen molar-refractivity contribution in [2.24, 2.45) is 7.05 Å². The Hall–Kier alpha value is -3.16. The zero-order valence-electron chi connectivity index (χ0n) is 17.2. The van der Waals surface area contributed by atoms with Crippen molar-refractivity contribution in [1.29, 1.82) is 0 Å². The SMILES string of the molecule is Cn1c2ccccc2c2cc(S(=O)(=O)N3CCN(C(=O)c4ccccc4)CC3)ccc21. The molecular formula is C24H23N3O3S. The maximum absolute atomic E-state index is 13.3. The molecule has 1 aromatic heterocycles. The lowest BCUT2D eigenvalue weighted by molar-refractivity contribution is 0.0698. The molecule has 0 saturated carbocycles. The smallest absolute Gasteiger partial charge is 0.253 e. The van der Waals surface area contributed by atoms with Crippen LogP contribution in [0.5, 0.6) is 0 Å². The summed E-state index contributed by atoms with van der Waals surface area (Å²) in [5, 5.41) is 1.97. The molecule has 1 saturated heterocycles. The summed E-state index contributed by atoms with van der Waals surface area (Å²) in [7, 11) is -1.65. The Kier molecular flexibility index (Phi) is 4.79. The van der Waals surface area contributed by atoms with Crippen LogP contribution < -0.4 is 0 Å². The van der Waals surface area contributed by atoms with Crippen molar-refractivity contribution in [3.8, 4) is 0 Å². The van der Waals surface area contributed by atoms with Gasteiger partial charge in [-0.05, 0) is 36.4 Å². The first-order chi connectivity index (χ1) is 15.0. The Labute approximate surface area is 181 Å². The fourth-order valence-electron chi connectivity index (χ4n) is 4.35. The Balaban J connectivity index is 1.40. The molecule has 158 valence electrons. The normalized spacial score (nSPS) is 15.6. The number of aryl methyl sites for hydroxylation is 1. The predicted molar refractivity (Wildman–Crippen MR) is 122 cm³/mol. The molecule has 1 aliphatic rings. The van der Waals surface area contributed by atoms with Crippen molar-refractivity contribution in [2.45, 2.75) is 4.90 Å². The van der Waals surface area contributed by atoms with Crippen LogP contribution in [0.3, 0.4) is 0 Å². The van der Waals surface area contributed by atoms with Crippen LogP contribution in [-0.2, 0) is 17.1 Å². The van der Waals surface area contributed by atoms with Gasteiger partial charge in [0.05, 0.1) is 4.90 Å². The van der Waals surface area contributed by atoms with Gasteiger partial charge in [0.25, 0.3) is 5.91 Å². The first kappa shape index (κ1) is 19.8. The Morgan fingerprint density at radius 2 is 1.42 bits per heavy atom. The van der Waals surface area contributed by atoms with Crippen LogP contribution in [0.4, 0.5) is 0 Å². The van der Waals surface area contributed by atoms with Crippen LogP contribution in [0.2, 0.25) is 0 Å². The minimum atomic E-state index is -3.64. The van der Waals surface area contributed by atoms with E-state index in [2.05, 4.69) is 4.57 Å². The Morgan fingerprint density at radius 1 is 0.774 bits per heavy atom. The van der Waals surface area contributed by atoms with Crippen LogP contribution in [0.15, 0.2) is 77.7 Å². The van der Waals surface area contributed by atoms with E-state index in [1.54, 1.807) is 29.2 Å². The molecular weight excluding hydrogens is 410 g/mol. The molecule has 3 aromatic carbocycles. The van der Waals surface area contributed by atoms with Gasteiger partial charge in [0.2, 0.25) is 10.0 Å². The summed E-state index contributed by atoms with van der Waals surface area (Å²) in [6, 6.07) is 22.4. The van der Waals surface area contributed by atoms with E-state index in [0.717, 1.165) is 21.8 Å². The third-order valence-corrected chi connectivity index (χ3v) is 7.96. The number of hydrogen-bond donors (Lipinski definition) is 0. The average Bonchev–Trinajstić information content (AvgIpc) is 3.11. The minimum absolute atomic E-state index is 0.0603. The van der Waals surface area contributed by atoms with Gasteiger partial charge in [0.15, 0.2) is 0 Å². The van der Waals surface area contributed by atoms with Gasteiger partial charge in [0.1, 0.15) is 0 Å². The summed E-state index contributed by atoms with van der Waals surface area (Å²) in [4.78, 5) is 14.7. The van der Waals surface area contributed by atoms with Crippen molar-refractivity contribution >= 4 is 37.7 Å². The fourth-order valence-corrected chi connectivity index (χ4v) is 5.80. The maximum Gasteiger partial charge on any atom is 0.253 e. The van der Waals surface area contributed by atoms with Crippen LogP contribution >= 0.6 is 0 Å². The second kappa shape index (κ2) is 7.51. The third kappa shape index (κ3) is 3.30. The number of aromatic nitrogens is 1. The van der Waals surface area contributed by atoms with E-state index in [-0.39, 0.29) is 19.0 Å². The minimum Gasteiger partial charge on any atom is -0.344 e. The first-order valence-electron chi connectivity index (χ1n) is 10.3. The first-order valence-corrected chi connectivity index (χ1v) is 11.7. The van der Waals surface area contributed by atoms with Crippen molar-refractivity contribution in [3.63, 3.8) is 0 Å². The van der Waals surface area contributed by atoms with E-state index >= 15 is 0 Å². The van der Waals surface area contributed by atoms with Crippen molar-refractivity contribution < 1.29 is 13.2 Å². The van der Waals surface area contributed by atoms with E-state index in [4.69, 9.17) is 0 Å². The van der Waals surface area contributed by atoms with Crippen molar-refractivity contribution in [3.05, 3.63) is 78.4 Å². The van der Waals surface area contributed by atoms with Crippen LogP contribution in [0, 0.1) is 0 Å². The summed E-state index contributed by atoms with van der Waals surface area (Å²) < 4.78 is 30.2. The molecule has 0 aliphatic carbocycles. The lowest BCUT2D eigenvalue weighted by Crippen LogP contribution is -2.50. The number of piperazine rings is 1. The quantitative estimate of drug-likeness (QED) is 0.497. The molecule has 1 aliphatic heterocycles. The molecule has 0 atom stereocenters. The number of carbonyl (C=O) groups excluding carboxylic acids is 1. The highest BCUT2D eigenvalue weighted by molar-refractivity contribution is 7.89. The summed E-state index contributed by atoms with van der Waals surface area (Å²) in [5.41, 5.74) is 2.69. The molecule has 0 bridgehead atoms. The lowest BCUT2D eigenvalue weighted by atomic mass is 10.1. The van der Waals surface area contributed by atoms with E-state index in [0.29, 0.717) is 23.5 Å². The summed E-state index contributed by atoms with van der Waals surface area (Å²) in [6.07, 6.45) is 0. The number of benzene rings is 3. The van der Waals surface area contributed by atoms with Crippen molar-refractivity contribution in [1.82, 2.24) is 13.8 Å². The van der Waals surface area contributed by atoms with E-state index in [1.807, 2.05) is 55.6 Å². The monoisotopic (exact) mass is 433 g/mol. The highest BCUT2D eigenvalue weighted by Crippen LogP contribution is 2.31. The molecule has 5 rings (SSSR count). The second-order valence-corrected chi connectivity index (χ2v) is 9.76. The topological polar surface area (TPSA) is 62.6 Å². The summed E-state index contributed by atoms with van der Waals surface area (Å²) in [6.45, 7) is 1.33. The molecule has 0 unspecified atom stereocenters. The van der Waals surface area contributed by atoms with Gasteiger partial charge in [-0.15, -0.1) is 0 Å². The van der Waals surface area contributed by atoms with Crippen LogP contribution in [0.25, 0.3) is 21.8 Å². The number of para-hydroxylation sites is 1. The van der Waals surface area contributed by atoms with E-state index in [1.165, 1.54) is 4.31 Å². The summed E-state index contributed by atoms with van der Waals surface area (Å²) >= 11 is 0. The highest BCUT2D eigenvalue weighted by Gasteiger charge is 2.30. The number of nitrogens with zero attached hydrogens (tertiary/aromatic N) is 3. The molecule has 7 heteroatoms. The van der Waals surface area contributed by atoms with Gasteiger partial charge in [-0.3, -0.25) is 4.79 Å². The van der Waals surface area contributed by atoms with Gasteiger partial charge in [-0.2, -0.15) is 4.31 Å². The van der Waals surface area contributed by atoms with E-state index in [9.17, 15) is 13.2 Å². The summed E-state index contributed by atoms with van der Waals surface area (Å²) in [5.74, 6) is -0.0603. The second-order valence-electron chi connectivity index (χ2n) is 7.82. The fraction of sp³-hybridized carbons (Fsp3) is 0.208. The largest absolute Gasteiger partial charge is 0.344 e. The molecule has 1 amide bonds.